The Balaban J connectivity index is 1.56. The van der Waals surface area contributed by atoms with E-state index in [1.807, 2.05) is 18.2 Å². The van der Waals surface area contributed by atoms with E-state index in [-0.39, 0.29) is 29.6 Å². The van der Waals surface area contributed by atoms with Gasteiger partial charge in [-0.3, -0.25) is 4.79 Å². The lowest BCUT2D eigenvalue weighted by Gasteiger charge is -2.28. The highest BCUT2D eigenvalue weighted by Crippen LogP contribution is 2.45. The molecule has 4 nitrogen and oxygen atoms in total. The van der Waals surface area contributed by atoms with Gasteiger partial charge in [0.05, 0.1) is 24.1 Å². The molecule has 1 aliphatic carbocycles. The Morgan fingerprint density at radius 3 is 2.89 bits per heavy atom. The minimum atomic E-state index is -0.296. The van der Waals surface area contributed by atoms with Gasteiger partial charge in [0.25, 0.3) is 0 Å². The summed E-state index contributed by atoms with van der Waals surface area (Å²) in [6, 6.07) is 14.0. The van der Waals surface area contributed by atoms with Gasteiger partial charge in [0.2, 0.25) is 5.91 Å². The summed E-state index contributed by atoms with van der Waals surface area (Å²) in [5.74, 6) is -0.398. The number of halogens is 1. The number of aromatic nitrogens is 1. The SMILES string of the molecule is CC1(C)Cc2ccc(C#N)cc2[C@@H]1NC(=O)Cc1cc2cc(F)ccc2[nH]1. The Hall–Kier alpha value is -3.13. The van der Waals surface area contributed by atoms with Crippen LogP contribution in [-0.4, -0.2) is 10.9 Å². The Bertz CT molecular complexity index is 1090. The maximum absolute atomic E-state index is 13.4. The second-order valence-electron chi connectivity index (χ2n) is 7.89. The monoisotopic (exact) mass is 361 g/mol. The molecule has 2 aromatic carbocycles. The first kappa shape index (κ1) is 17.3. The zero-order valence-corrected chi connectivity index (χ0v) is 15.3. The molecule has 0 spiro atoms. The molecule has 3 aromatic rings. The van der Waals surface area contributed by atoms with E-state index in [9.17, 15) is 14.4 Å². The Labute approximate surface area is 157 Å². The molecule has 1 heterocycles. The van der Waals surface area contributed by atoms with Crippen molar-refractivity contribution in [2.45, 2.75) is 32.7 Å². The second kappa shape index (κ2) is 6.24. The summed E-state index contributed by atoms with van der Waals surface area (Å²) >= 11 is 0. The molecular weight excluding hydrogens is 341 g/mol. The normalized spacial score (nSPS) is 17.5. The van der Waals surface area contributed by atoms with Crippen LogP contribution in [0.1, 0.15) is 42.3 Å². The van der Waals surface area contributed by atoms with E-state index in [0.29, 0.717) is 5.56 Å². The quantitative estimate of drug-likeness (QED) is 0.735. The van der Waals surface area contributed by atoms with Crippen molar-refractivity contribution in [1.82, 2.24) is 10.3 Å². The molecule has 5 heteroatoms. The van der Waals surface area contributed by atoms with Gasteiger partial charge < -0.3 is 10.3 Å². The van der Waals surface area contributed by atoms with Crippen LogP contribution in [0.4, 0.5) is 4.39 Å². The summed E-state index contributed by atoms with van der Waals surface area (Å²) in [6.45, 7) is 4.24. The summed E-state index contributed by atoms with van der Waals surface area (Å²) < 4.78 is 13.4. The fraction of sp³-hybridized carbons (Fsp3) is 0.273. The number of nitrogens with zero attached hydrogens (tertiary/aromatic N) is 1. The van der Waals surface area contributed by atoms with Crippen LogP contribution >= 0.6 is 0 Å². The van der Waals surface area contributed by atoms with Gasteiger partial charge in [0.15, 0.2) is 0 Å². The molecular formula is C22H20FN3O. The van der Waals surface area contributed by atoms with E-state index in [4.69, 9.17) is 0 Å². The summed E-state index contributed by atoms with van der Waals surface area (Å²) in [5, 5.41) is 13.1. The Morgan fingerprint density at radius 1 is 1.30 bits per heavy atom. The molecule has 27 heavy (non-hydrogen) atoms. The highest BCUT2D eigenvalue weighted by molar-refractivity contribution is 5.84. The average molecular weight is 361 g/mol. The topological polar surface area (TPSA) is 68.7 Å². The first-order valence-electron chi connectivity index (χ1n) is 8.95. The number of hydrogen-bond acceptors (Lipinski definition) is 2. The van der Waals surface area contributed by atoms with E-state index in [2.05, 4.69) is 30.2 Å². The van der Waals surface area contributed by atoms with Gasteiger partial charge in [-0.15, -0.1) is 0 Å². The number of aromatic amines is 1. The maximum Gasteiger partial charge on any atom is 0.226 e. The molecule has 0 saturated carbocycles. The summed E-state index contributed by atoms with van der Waals surface area (Å²) in [5.41, 5.74) is 4.22. The van der Waals surface area contributed by atoms with Gasteiger partial charge >= 0.3 is 0 Å². The molecule has 0 aliphatic heterocycles. The van der Waals surface area contributed by atoms with Gasteiger partial charge in [-0.05, 0) is 59.4 Å². The van der Waals surface area contributed by atoms with E-state index >= 15 is 0 Å². The largest absolute Gasteiger partial charge is 0.358 e. The van der Waals surface area contributed by atoms with E-state index in [1.165, 1.54) is 17.7 Å². The number of amides is 1. The van der Waals surface area contributed by atoms with Crippen molar-refractivity contribution >= 4 is 16.8 Å². The number of hydrogen-bond donors (Lipinski definition) is 2. The molecule has 1 aliphatic rings. The van der Waals surface area contributed by atoms with Gasteiger partial charge in [0.1, 0.15) is 5.82 Å². The van der Waals surface area contributed by atoms with Crippen molar-refractivity contribution < 1.29 is 9.18 Å². The van der Waals surface area contributed by atoms with Crippen LogP contribution in [0.2, 0.25) is 0 Å². The van der Waals surface area contributed by atoms with Crippen LogP contribution in [0.3, 0.4) is 0 Å². The lowest BCUT2D eigenvalue weighted by Crippen LogP contribution is -2.36. The predicted octanol–water partition coefficient (Wildman–Crippen LogP) is 4.16. The molecule has 136 valence electrons. The third-order valence-corrected chi connectivity index (χ3v) is 5.31. The molecule has 2 N–H and O–H groups in total. The van der Waals surface area contributed by atoms with Gasteiger partial charge in [-0.2, -0.15) is 5.26 Å². The summed E-state index contributed by atoms with van der Waals surface area (Å²) in [6.07, 6.45) is 1.04. The first-order chi connectivity index (χ1) is 12.9. The Morgan fingerprint density at radius 2 is 2.11 bits per heavy atom. The zero-order chi connectivity index (χ0) is 19.2. The Kier molecular flexibility index (Phi) is 4.00. The number of benzene rings is 2. The van der Waals surface area contributed by atoms with Gasteiger partial charge in [-0.1, -0.05) is 19.9 Å². The first-order valence-corrected chi connectivity index (χ1v) is 8.95. The standard InChI is InChI=1S/C22H20FN3O/c1-22(2)11-14-4-3-13(12-24)7-18(14)21(22)26-20(27)10-17-9-15-8-16(23)5-6-19(15)25-17/h3-9,21,25H,10-11H2,1-2H3,(H,26,27)/t21-/m0/s1. The average Bonchev–Trinajstić information content (AvgIpc) is 3.11. The lowest BCUT2D eigenvalue weighted by molar-refractivity contribution is -0.122. The fourth-order valence-electron chi connectivity index (χ4n) is 4.03. The van der Waals surface area contributed by atoms with Crippen LogP contribution in [0, 0.1) is 22.6 Å². The number of fused-ring (bicyclic) bond motifs is 2. The van der Waals surface area contributed by atoms with E-state index in [0.717, 1.165) is 28.6 Å². The smallest absolute Gasteiger partial charge is 0.226 e. The van der Waals surface area contributed by atoms with Gasteiger partial charge in [0, 0.05) is 16.6 Å². The van der Waals surface area contributed by atoms with Crippen molar-refractivity contribution in [1.29, 1.82) is 5.26 Å². The van der Waals surface area contributed by atoms with Crippen molar-refractivity contribution in [3.63, 3.8) is 0 Å². The maximum atomic E-state index is 13.4. The minimum Gasteiger partial charge on any atom is -0.358 e. The fourth-order valence-corrected chi connectivity index (χ4v) is 4.03. The molecule has 1 atom stereocenters. The summed E-state index contributed by atoms with van der Waals surface area (Å²) in [4.78, 5) is 15.9. The number of nitrogens with one attached hydrogen (secondary N) is 2. The molecule has 0 radical (unpaired) electrons. The minimum absolute atomic E-state index is 0.102. The molecule has 0 unspecified atom stereocenters. The van der Waals surface area contributed by atoms with Crippen LogP contribution in [0.15, 0.2) is 42.5 Å². The third-order valence-electron chi connectivity index (χ3n) is 5.31. The van der Waals surface area contributed by atoms with Crippen molar-refractivity contribution in [2.24, 2.45) is 5.41 Å². The molecule has 4 rings (SSSR count). The predicted molar refractivity (Wildman–Crippen MR) is 101 cm³/mol. The number of H-pyrrole nitrogens is 1. The van der Waals surface area contributed by atoms with Crippen LogP contribution in [-0.2, 0) is 17.6 Å². The van der Waals surface area contributed by atoms with Crippen molar-refractivity contribution in [2.75, 3.05) is 0 Å². The molecule has 1 aromatic heterocycles. The second-order valence-corrected chi connectivity index (χ2v) is 7.89. The third kappa shape index (κ3) is 3.19. The van der Waals surface area contributed by atoms with Crippen molar-refractivity contribution in [3.05, 3.63) is 70.7 Å². The summed E-state index contributed by atoms with van der Waals surface area (Å²) in [7, 11) is 0. The highest BCUT2D eigenvalue weighted by Gasteiger charge is 2.39. The van der Waals surface area contributed by atoms with Crippen LogP contribution in [0.25, 0.3) is 10.9 Å². The lowest BCUT2D eigenvalue weighted by atomic mass is 9.85. The number of carbonyl (C=O) groups is 1. The number of nitriles is 1. The molecule has 1 amide bonds. The van der Waals surface area contributed by atoms with Crippen LogP contribution in [0.5, 0.6) is 0 Å². The zero-order valence-electron chi connectivity index (χ0n) is 15.3. The van der Waals surface area contributed by atoms with Crippen LogP contribution < -0.4 is 5.32 Å². The van der Waals surface area contributed by atoms with Gasteiger partial charge in [-0.25, -0.2) is 4.39 Å². The molecule has 0 bridgehead atoms. The number of carbonyl (C=O) groups excluding carboxylic acids is 1. The van der Waals surface area contributed by atoms with E-state index in [1.54, 1.807) is 12.1 Å². The van der Waals surface area contributed by atoms with Crippen molar-refractivity contribution in [3.8, 4) is 6.07 Å². The van der Waals surface area contributed by atoms with E-state index < -0.39 is 0 Å². The number of rotatable bonds is 3. The molecule has 0 fully saturated rings. The highest BCUT2D eigenvalue weighted by atomic mass is 19.1. The molecule has 0 saturated heterocycles.